The summed E-state index contributed by atoms with van der Waals surface area (Å²) < 4.78 is 28.8. The van der Waals surface area contributed by atoms with Crippen molar-refractivity contribution in [1.82, 2.24) is 15.3 Å². The Morgan fingerprint density at radius 2 is 1.96 bits per heavy atom. The van der Waals surface area contributed by atoms with Gasteiger partial charge in [-0.3, -0.25) is 0 Å². The average Bonchev–Trinajstić information content (AvgIpc) is 3.09. The number of nitrogens with zero attached hydrogens (tertiary/aromatic N) is 3. The number of aromatic nitrogens is 2. The van der Waals surface area contributed by atoms with Gasteiger partial charge in [0.25, 0.3) is 0 Å². The van der Waals surface area contributed by atoms with E-state index in [1.54, 1.807) is 32.5 Å². The van der Waals surface area contributed by atoms with Gasteiger partial charge in [0.2, 0.25) is 5.95 Å². The molecule has 0 radical (unpaired) electrons. The smallest absolute Gasteiger partial charge is 0.224 e. The van der Waals surface area contributed by atoms with Crippen LogP contribution in [0.5, 0.6) is 0 Å². The summed E-state index contributed by atoms with van der Waals surface area (Å²) in [5, 5.41) is 6.46. The van der Waals surface area contributed by atoms with Crippen LogP contribution in [0.3, 0.4) is 0 Å². The highest BCUT2D eigenvalue weighted by Gasteiger charge is 2.33. The monoisotopic (exact) mass is 391 g/mol. The summed E-state index contributed by atoms with van der Waals surface area (Å²) in [5.74, 6) is 1.45. The topological polar surface area (TPSA) is 96.5 Å². The minimum Gasteiger partial charge on any atom is -0.378 e. The molecule has 3 rings (SSSR count). The first-order chi connectivity index (χ1) is 12.9. The molecule has 0 unspecified atom stereocenters. The average molecular weight is 391 g/mol. The molecule has 0 amide bonds. The van der Waals surface area contributed by atoms with E-state index in [2.05, 4.69) is 25.5 Å². The maximum Gasteiger partial charge on any atom is 0.224 e. The van der Waals surface area contributed by atoms with E-state index in [4.69, 9.17) is 4.74 Å². The van der Waals surface area contributed by atoms with E-state index in [9.17, 15) is 8.42 Å². The summed E-state index contributed by atoms with van der Waals surface area (Å²) in [6, 6.07) is 8.98. The summed E-state index contributed by atoms with van der Waals surface area (Å²) in [6.45, 7) is 2.13. The zero-order chi connectivity index (χ0) is 19.4. The third kappa shape index (κ3) is 4.74. The number of anilines is 2. The highest BCUT2D eigenvalue weighted by atomic mass is 32.2. The summed E-state index contributed by atoms with van der Waals surface area (Å²) in [5.41, 5.74) is 1.02. The van der Waals surface area contributed by atoms with Gasteiger partial charge in [0.05, 0.1) is 17.0 Å². The third-order valence-electron chi connectivity index (χ3n) is 4.68. The molecule has 1 aromatic carbocycles. The van der Waals surface area contributed by atoms with Gasteiger partial charge in [-0.05, 0) is 23.8 Å². The van der Waals surface area contributed by atoms with Crippen LogP contribution in [-0.2, 0) is 21.1 Å². The van der Waals surface area contributed by atoms with E-state index >= 15 is 0 Å². The molecule has 2 aromatic rings. The molecule has 1 aromatic heterocycles. The predicted molar refractivity (Wildman–Crippen MR) is 105 cm³/mol. The van der Waals surface area contributed by atoms with Gasteiger partial charge >= 0.3 is 0 Å². The lowest BCUT2D eigenvalue weighted by Gasteiger charge is -2.18. The molecule has 2 N–H and O–H groups in total. The molecule has 9 heteroatoms. The fourth-order valence-corrected chi connectivity index (χ4v) is 3.78. The normalized spacial score (nSPS) is 20.0. The molecule has 1 aliphatic rings. The lowest BCUT2D eigenvalue weighted by atomic mass is 10.2. The van der Waals surface area contributed by atoms with E-state index in [1.807, 2.05) is 18.2 Å². The van der Waals surface area contributed by atoms with E-state index in [0.717, 1.165) is 24.5 Å². The van der Waals surface area contributed by atoms with Crippen LogP contribution in [0.25, 0.3) is 0 Å². The van der Waals surface area contributed by atoms with Crippen molar-refractivity contribution < 1.29 is 13.2 Å². The van der Waals surface area contributed by atoms with Crippen LogP contribution >= 0.6 is 0 Å². The molecule has 1 saturated heterocycles. The van der Waals surface area contributed by atoms with Crippen molar-refractivity contribution in [3.63, 3.8) is 0 Å². The number of hydrogen-bond acceptors (Lipinski definition) is 8. The largest absolute Gasteiger partial charge is 0.378 e. The van der Waals surface area contributed by atoms with Gasteiger partial charge in [0.1, 0.15) is 5.82 Å². The zero-order valence-electron chi connectivity index (χ0n) is 15.7. The maximum atomic E-state index is 11.6. The van der Waals surface area contributed by atoms with Crippen molar-refractivity contribution in [2.24, 2.45) is 0 Å². The summed E-state index contributed by atoms with van der Waals surface area (Å²) in [7, 11) is 0.332. The molecule has 2 heterocycles. The van der Waals surface area contributed by atoms with Gasteiger partial charge in [0, 0.05) is 46.2 Å². The lowest BCUT2D eigenvalue weighted by Crippen LogP contribution is -2.39. The van der Waals surface area contributed by atoms with Gasteiger partial charge in [-0.25, -0.2) is 13.4 Å². The Labute approximate surface area is 159 Å². The van der Waals surface area contributed by atoms with Gasteiger partial charge in [-0.2, -0.15) is 4.98 Å². The van der Waals surface area contributed by atoms with E-state index in [0.29, 0.717) is 17.4 Å². The van der Waals surface area contributed by atoms with Gasteiger partial charge < -0.3 is 20.3 Å². The Balaban J connectivity index is 1.64. The van der Waals surface area contributed by atoms with E-state index in [-0.39, 0.29) is 12.1 Å². The minimum atomic E-state index is -3.17. The SMILES string of the molecule is CNc1nccc(N2C[C@H](OC)[C@H](NCc3ccc(S(C)(=O)=O)cc3)C2)n1. The Morgan fingerprint density at radius 1 is 1.22 bits per heavy atom. The van der Waals surface area contributed by atoms with Crippen LogP contribution in [0.2, 0.25) is 0 Å². The van der Waals surface area contributed by atoms with E-state index in [1.165, 1.54) is 6.26 Å². The molecule has 1 aliphatic heterocycles. The van der Waals surface area contributed by atoms with Crippen LogP contribution in [-0.4, -0.2) is 64.0 Å². The number of benzene rings is 1. The molecule has 1 fully saturated rings. The summed E-state index contributed by atoms with van der Waals surface area (Å²) in [4.78, 5) is 11.1. The molecule has 0 aliphatic carbocycles. The number of nitrogens with one attached hydrogen (secondary N) is 2. The van der Waals surface area contributed by atoms with Crippen molar-refractivity contribution >= 4 is 21.6 Å². The second kappa shape index (κ2) is 8.20. The minimum absolute atomic E-state index is 0.0355. The highest BCUT2D eigenvalue weighted by Crippen LogP contribution is 2.21. The third-order valence-corrected chi connectivity index (χ3v) is 5.81. The number of hydrogen-bond donors (Lipinski definition) is 2. The lowest BCUT2D eigenvalue weighted by molar-refractivity contribution is 0.0967. The molecular formula is C18H25N5O3S. The van der Waals surface area contributed by atoms with Gasteiger partial charge in [-0.1, -0.05) is 12.1 Å². The maximum absolute atomic E-state index is 11.6. The molecule has 0 spiro atoms. The van der Waals surface area contributed by atoms with Crippen molar-refractivity contribution in [1.29, 1.82) is 0 Å². The molecule has 2 atom stereocenters. The van der Waals surface area contributed by atoms with Crippen LogP contribution in [0.1, 0.15) is 5.56 Å². The first kappa shape index (κ1) is 19.5. The second-order valence-corrected chi connectivity index (χ2v) is 8.59. The fourth-order valence-electron chi connectivity index (χ4n) is 3.15. The highest BCUT2D eigenvalue weighted by molar-refractivity contribution is 7.90. The predicted octanol–water partition coefficient (Wildman–Crippen LogP) is 0.915. The van der Waals surface area contributed by atoms with Crippen LogP contribution < -0.4 is 15.5 Å². The number of sulfone groups is 1. The Bertz CT molecular complexity index is 873. The molecule has 146 valence electrons. The van der Waals surface area contributed by atoms with Crippen molar-refractivity contribution in [3.05, 3.63) is 42.1 Å². The standard InChI is InChI=1S/C18H25N5O3S/c1-19-18-20-9-8-17(22-18)23-11-15(16(12-23)26-2)21-10-13-4-6-14(7-5-13)27(3,24)25/h4-9,15-16,21H,10-12H2,1-3H3,(H,19,20,22)/t15-,16+/m1/s1. The quantitative estimate of drug-likeness (QED) is 0.719. The molecule has 27 heavy (non-hydrogen) atoms. The molecule has 8 nitrogen and oxygen atoms in total. The van der Waals surface area contributed by atoms with Gasteiger partial charge in [-0.15, -0.1) is 0 Å². The van der Waals surface area contributed by atoms with Crippen LogP contribution in [0.15, 0.2) is 41.4 Å². The first-order valence-corrected chi connectivity index (χ1v) is 10.6. The van der Waals surface area contributed by atoms with Crippen molar-refractivity contribution in [2.45, 2.75) is 23.6 Å². The van der Waals surface area contributed by atoms with Crippen molar-refractivity contribution in [2.75, 3.05) is 43.7 Å². The number of rotatable bonds is 7. The summed E-state index contributed by atoms with van der Waals surface area (Å²) >= 11 is 0. The van der Waals surface area contributed by atoms with Crippen LogP contribution in [0.4, 0.5) is 11.8 Å². The molecule has 0 saturated carbocycles. The summed E-state index contributed by atoms with van der Waals surface area (Å²) in [6.07, 6.45) is 2.98. The second-order valence-electron chi connectivity index (χ2n) is 6.57. The van der Waals surface area contributed by atoms with E-state index < -0.39 is 9.84 Å². The number of ether oxygens (including phenoxy) is 1. The van der Waals surface area contributed by atoms with Crippen molar-refractivity contribution in [3.8, 4) is 0 Å². The van der Waals surface area contributed by atoms with Gasteiger partial charge in [0.15, 0.2) is 9.84 Å². The fraction of sp³-hybridized carbons (Fsp3) is 0.444. The molecule has 0 bridgehead atoms. The molecular weight excluding hydrogens is 366 g/mol. The Hall–Kier alpha value is -2.23. The van der Waals surface area contributed by atoms with Crippen LogP contribution in [0, 0.1) is 0 Å². The Morgan fingerprint density at radius 3 is 2.59 bits per heavy atom. The number of methoxy groups -OCH3 is 1. The Kier molecular flexibility index (Phi) is 5.93. The zero-order valence-corrected chi connectivity index (χ0v) is 16.5. The first-order valence-electron chi connectivity index (χ1n) is 8.71.